The number of pyridine rings is 1. The highest BCUT2D eigenvalue weighted by Crippen LogP contribution is 2.30. The number of ketones is 1. The van der Waals surface area contributed by atoms with Gasteiger partial charge in [0.1, 0.15) is 17.1 Å². The molecule has 1 amide bonds. The number of rotatable bonds is 10. The van der Waals surface area contributed by atoms with Crippen molar-refractivity contribution >= 4 is 21.5 Å². The molecule has 0 radical (unpaired) electrons. The smallest absolute Gasteiger partial charge is 0.246 e. The van der Waals surface area contributed by atoms with Crippen molar-refractivity contribution in [2.45, 2.75) is 50.3 Å². The first kappa shape index (κ1) is 21.8. The van der Waals surface area contributed by atoms with Crippen molar-refractivity contribution in [3.63, 3.8) is 0 Å². The van der Waals surface area contributed by atoms with Crippen LogP contribution >= 0.6 is 0 Å². The van der Waals surface area contributed by atoms with Crippen LogP contribution in [0.2, 0.25) is 0 Å². The summed E-state index contributed by atoms with van der Waals surface area (Å²) in [5, 5.41) is 18.8. The van der Waals surface area contributed by atoms with Crippen molar-refractivity contribution in [1.29, 1.82) is 0 Å². The van der Waals surface area contributed by atoms with Gasteiger partial charge in [-0.2, -0.15) is 0 Å². The van der Waals surface area contributed by atoms with E-state index in [-0.39, 0.29) is 0 Å². The molecule has 0 aliphatic heterocycles. The fourth-order valence-electron chi connectivity index (χ4n) is 2.73. The summed E-state index contributed by atoms with van der Waals surface area (Å²) in [7, 11) is -3.95. The third-order valence-electron chi connectivity index (χ3n) is 4.14. The van der Waals surface area contributed by atoms with Crippen LogP contribution in [0.3, 0.4) is 0 Å². The Morgan fingerprint density at radius 3 is 2.00 bits per heavy atom. The summed E-state index contributed by atoms with van der Waals surface area (Å²) in [6, 6.07) is 0. The number of aromatic nitrogens is 1. The van der Waals surface area contributed by atoms with Crippen molar-refractivity contribution < 1.29 is 28.2 Å². The first-order valence-electron chi connectivity index (χ1n) is 8.22. The molecule has 1 heterocycles. The third kappa shape index (κ3) is 4.50. The normalized spacial score (nSPS) is 14.2. The summed E-state index contributed by atoms with van der Waals surface area (Å²) in [6.07, 6.45) is 3.62. The van der Waals surface area contributed by atoms with Crippen molar-refractivity contribution in [2.75, 3.05) is 5.75 Å². The minimum atomic E-state index is -3.95. The largest absolute Gasteiger partial charge is 0.505 e. The molecule has 0 fully saturated rings. The van der Waals surface area contributed by atoms with Crippen LogP contribution in [0.25, 0.3) is 0 Å². The predicted molar refractivity (Wildman–Crippen MR) is 95.4 cm³/mol. The van der Waals surface area contributed by atoms with Crippen LogP contribution in [0.15, 0.2) is 12.4 Å². The van der Waals surface area contributed by atoms with Crippen LogP contribution in [0.5, 0.6) is 11.5 Å². The number of carbonyl (C=O) groups is 2. The molecule has 6 N–H and O–H groups in total. The monoisotopic (exact) mass is 387 g/mol. The van der Waals surface area contributed by atoms with Gasteiger partial charge in [0, 0.05) is 0 Å². The molecule has 1 rings (SSSR count). The van der Waals surface area contributed by atoms with Gasteiger partial charge in [-0.15, -0.1) is 0 Å². The van der Waals surface area contributed by atoms with E-state index in [1.807, 2.05) is 13.8 Å². The van der Waals surface area contributed by atoms with Crippen LogP contribution in [0, 0.1) is 0 Å². The molecule has 0 spiro atoms. The van der Waals surface area contributed by atoms with Crippen LogP contribution < -0.4 is 11.5 Å². The van der Waals surface area contributed by atoms with Crippen LogP contribution in [0.1, 0.15) is 49.9 Å². The maximum Gasteiger partial charge on any atom is 0.246 e. The number of hydrogen-bond acceptors (Lipinski definition) is 8. The number of primary amides is 1. The highest BCUT2D eigenvalue weighted by Gasteiger charge is 2.48. The Morgan fingerprint density at radius 1 is 1.15 bits per heavy atom. The number of Topliss-reactive ketones (excluding diaryl/α,β-unsaturated/α-hetero) is 1. The zero-order valence-corrected chi connectivity index (χ0v) is 15.6. The second-order valence-electron chi connectivity index (χ2n) is 6.22. The molecular weight excluding hydrogens is 362 g/mol. The van der Waals surface area contributed by atoms with E-state index in [0.29, 0.717) is 25.7 Å². The average Bonchev–Trinajstić information content (AvgIpc) is 2.53. The fraction of sp³-hybridized carbons (Fsp3) is 0.562. The van der Waals surface area contributed by atoms with E-state index in [1.165, 1.54) is 0 Å². The Hall–Kier alpha value is -2.20. The molecule has 0 aromatic carbocycles. The van der Waals surface area contributed by atoms with E-state index in [0.717, 1.165) is 12.4 Å². The zero-order chi connectivity index (χ0) is 20.1. The predicted octanol–water partition coefficient (Wildman–Crippen LogP) is 0.242. The van der Waals surface area contributed by atoms with Gasteiger partial charge in [-0.1, -0.05) is 26.7 Å². The Bertz CT molecular complexity index is 754. The van der Waals surface area contributed by atoms with Crippen molar-refractivity contribution in [1.82, 2.24) is 4.98 Å². The molecule has 1 aromatic heterocycles. The zero-order valence-electron chi connectivity index (χ0n) is 14.8. The summed E-state index contributed by atoms with van der Waals surface area (Å²) in [5.74, 6) is -5.13. The molecule has 26 heavy (non-hydrogen) atoms. The van der Waals surface area contributed by atoms with E-state index >= 15 is 0 Å². The second kappa shape index (κ2) is 8.45. The molecule has 146 valence electrons. The van der Waals surface area contributed by atoms with Crippen LogP contribution in [-0.2, 0) is 14.6 Å². The molecular formula is C16H25N3O6S. The van der Waals surface area contributed by atoms with E-state index in [4.69, 9.17) is 11.5 Å². The summed E-state index contributed by atoms with van der Waals surface area (Å²) in [4.78, 5) is 28.1. The Morgan fingerprint density at radius 2 is 1.62 bits per heavy atom. The lowest BCUT2D eigenvalue weighted by atomic mass is 9.91. The van der Waals surface area contributed by atoms with Crippen LogP contribution in [0.4, 0.5) is 0 Å². The van der Waals surface area contributed by atoms with Crippen molar-refractivity contribution in [3.8, 4) is 11.5 Å². The van der Waals surface area contributed by atoms with E-state index in [2.05, 4.69) is 4.98 Å². The maximum absolute atomic E-state index is 12.8. The summed E-state index contributed by atoms with van der Waals surface area (Å²) < 4.78 is 25.5. The number of amides is 1. The Balaban J connectivity index is 3.37. The molecule has 0 saturated carbocycles. The third-order valence-corrected chi connectivity index (χ3v) is 6.48. The fourth-order valence-corrected chi connectivity index (χ4v) is 5.06. The van der Waals surface area contributed by atoms with Gasteiger partial charge in [0.25, 0.3) is 0 Å². The molecule has 0 bridgehead atoms. The number of nitrogens with zero attached hydrogens (tertiary/aromatic N) is 1. The van der Waals surface area contributed by atoms with E-state index in [9.17, 15) is 28.2 Å². The van der Waals surface area contributed by atoms with Crippen LogP contribution in [-0.4, -0.2) is 51.8 Å². The highest BCUT2D eigenvalue weighted by atomic mass is 32.2. The number of carbonyl (C=O) groups excluding carboxylic acids is 2. The number of aromatic hydroxyl groups is 2. The molecule has 1 aromatic rings. The second-order valence-corrected chi connectivity index (χ2v) is 8.51. The SMILES string of the molecule is CCCC(CCC)S(=O)(=O)C[C@](N)(C(N)=O)C(=O)c1c(O)cncc1O. The summed E-state index contributed by atoms with van der Waals surface area (Å²) >= 11 is 0. The molecule has 0 saturated heterocycles. The standard InChI is InChI=1S/C16H25N3O6S/c1-3-5-10(6-4-2)26(24,25)9-16(18,15(17)23)14(22)13-11(20)7-19-8-12(13)21/h7-8,10,20-21H,3-6,9,18H2,1-2H3,(H2,17,23)/t16-/m1/s1. The molecule has 0 aliphatic rings. The quantitative estimate of drug-likeness (QED) is 0.326. The highest BCUT2D eigenvalue weighted by molar-refractivity contribution is 7.92. The van der Waals surface area contributed by atoms with Crippen molar-refractivity contribution in [3.05, 3.63) is 18.0 Å². The van der Waals surface area contributed by atoms with Gasteiger partial charge in [0.2, 0.25) is 11.7 Å². The van der Waals surface area contributed by atoms with Gasteiger partial charge >= 0.3 is 0 Å². The van der Waals surface area contributed by atoms with Crippen molar-refractivity contribution in [2.24, 2.45) is 11.5 Å². The van der Waals surface area contributed by atoms with E-state index in [1.54, 1.807) is 0 Å². The molecule has 0 aliphatic carbocycles. The Kier molecular flexibility index (Phi) is 7.10. The first-order chi connectivity index (χ1) is 12.0. The first-order valence-corrected chi connectivity index (χ1v) is 9.93. The van der Waals surface area contributed by atoms with Gasteiger partial charge in [0.15, 0.2) is 15.4 Å². The maximum atomic E-state index is 12.8. The molecule has 9 nitrogen and oxygen atoms in total. The van der Waals surface area contributed by atoms with Gasteiger partial charge in [-0.05, 0) is 12.8 Å². The summed E-state index contributed by atoms with van der Waals surface area (Å²) in [6.45, 7) is 3.64. The average molecular weight is 387 g/mol. The number of sulfone groups is 1. The van der Waals surface area contributed by atoms with Gasteiger partial charge < -0.3 is 21.7 Å². The molecule has 0 unspecified atom stereocenters. The molecule has 1 atom stereocenters. The lowest BCUT2D eigenvalue weighted by molar-refractivity contribution is -0.120. The van der Waals surface area contributed by atoms with Gasteiger partial charge in [-0.25, -0.2) is 8.42 Å². The minimum Gasteiger partial charge on any atom is -0.505 e. The van der Waals surface area contributed by atoms with Gasteiger partial charge in [0.05, 0.1) is 23.4 Å². The summed E-state index contributed by atoms with van der Waals surface area (Å²) in [5.41, 5.74) is 7.74. The lowest BCUT2D eigenvalue weighted by Gasteiger charge is -2.27. The number of hydrogen-bond donors (Lipinski definition) is 4. The topological polar surface area (TPSA) is 174 Å². The van der Waals surface area contributed by atoms with Gasteiger partial charge in [-0.3, -0.25) is 14.6 Å². The minimum absolute atomic E-state index is 0.352. The lowest BCUT2D eigenvalue weighted by Crippen LogP contribution is -2.63. The molecule has 10 heteroatoms. The van der Waals surface area contributed by atoms with E-state index < -0.39 is 55.1 Å². The Labute approximate surface area is 152 Å². The number of nitrogens with two attached hydrogens (primary N) is 2.